The number of likely N-dealkylation sites (N-methyl/N-ethyl adjacent to an activating group) is 2. The Hall–Kier alpha value is -0.610. The van der Waals surface area contributed by atoms with E-state index in [2.05, 4.69) is 10.6 Å². The molecule has 0 radical (unpaired) electrons. The number of nitrogens with zero attached hydrogens (tertiary/aromatic N) is 1. The van der Waals surface area contributed by atoms with Crippen LogP contribution in [-0.2, 0) is 4.79 Å². The highest BCUT2D eigenvalue weighted by atomic mass is 16.2. The average Bonchev–Trinajstić information content (AvgIpc) is 2.65. The summed E-state index contributed by atoms with van der Waals surface area (Å²) in [5, 5.41) is 6.23. The second-order valence-electron chi connectivity index (χ2n) is 3.51. The molecule has 1 amide bonds. The average molecular weight is 185 g/mol. The van der Waals surface area contributed by atoms with Crippen LogP contribution >= 0.6 is 0 Å². The third-order valence-electron chi connectivity index (χ3n) is 2.43. The molecule has 2 N–H and O–H groups in total. The summed E-state index contributed by atoms with van der Waals surface area (Å²) in [6.07, 6.45) is 2.11. The normalized spacial score (nSPS) is 21.8. The number of nitrogens with one attached hydrogen (secondary N) is 2. The molecule has 1 aliphatic rings. The minimum Gasteiger partial charge on any atom is -0.343 e. The van der Waals surface area contributed by atoms with Crippen LogP contribution in [0.3, 0.4) is 0 Å². The molecule has 0 aromatic rings. The summed E-state index contributed by atoms with van der Waals surface area (Å²) in [5.74, 6) is 0.229. The van der Waals surface area contributed by atoms with Gasteiger partial charge in [0.1, 0.15) is 0 Å². The maximum atomic E-state index is 11.7. The lowest BCUT2D eigenvalue weighted by molar-refractivity contribution is -0.131. The van der Waals surface area contributed by atoms with Gasteiger partial charge < -0.3 is 15.5 Å². The van der Waals surface area contributed by atoms with Gasteiger partial charge in [-0.25, -0.2) is 0 Å². The van der Waals surface area contributed by atoms with E-state index >= 15 is 0 Å². The summed E-state index contributed by atoms with van der Waals surface area (Å²) in [6.45, 7) is 2.62. The molecule has 1 atom stereocenters. The van der Waals surface area contributed by atoms with Crippen LogP contribution in [0.4, 0.5) is 0 Å². The van der Waals surface area contributed by atoms with Gasteiger partial charge in [0, 0.05) is 20.1 Å². The van der Waals surface area contributed by atoms with Crippen LogP contribution in [0.2, 0.25) is 0 Å². The highest BCUT2D eigenvalue weighted by Gasteiger charge is 2.24. The van der Waals surface area contributed by atoms with E-state index in [1.54, 1.807) is 4.90 Å². The first-order valence-electron chi connectivity index (χ1n) is 4.88. The van der Waals surface area contributed by atoms with Crippen LogP contribution in [0.15, 0.2) is 0 Å². The summed E-state index contributed by atoms with van der Waals surface area (Å²) in [6, 6.07) is 0.0712. The van der Waals surface area contributed by atoms with Gasteiger partial charge >= 0.3 is 0 Å². The predicted molar refractivity (Wildman–Crippen MR) is 52.6 cm³/mol. The van der Waals surface area contributed by atoms with E-state index in [0.717, 1.165) is 32.5 Å². The first-order chi connectivity index (χ1) is 6.25. The van der Waals surface area contributed by atoms with Crippen LogP contribution in [-0.4, -0.2) is 50.6 Å². The Bertz CT molecular complexity index is 166. The number of hydrogen-bond acceptors (Lipinski definition) is 3. The SMILES string of the molecule is CNCCN(C)C(=O)[C@@H]1CCCN1. The highest BCUT2D eigenvalue weighted by Crippen LogP contribution is 2.07. The fourth-order valence-corrected chi connectivity index (χ4v) is 1.55. The van der Waals surface area contributed by atoms with E-state index in [1.807, 2.05) is 14.1 Å². The van der Waals surface area contributed by atoms with Crippen molar-refractivity contribution in [2.24, 2.45) is 0 Å². The van der Waals surface area contributed by atoms with Gasteiger partial charge in [-0.15, -0.1) is 0 Å². The second-order valence-corrected chi connectivity index (χ2v) is 3.51. The largest absolute Gasteiger partial charge is 0.343 e. The van der Waals surface area contributed by atoms with Gasteiger partial charge in [-0.2, -0.15) is 0 Å². The first-order valence-corrected chi connectivity index (χ1v) is 4.88. The first kappa shape index (κ1) is 10.5. The molecule has 1 heterocycles. The molecule has 0 aromatic heterocycles. The molecule has 0 bridgehead atoms. The van der Waals surface area contributed by atoms with Gasteiger partial charge in [-0.1, -0.05) is 0 Å². The molecule has 4 nitrogen and oxygen atoms in total. The maximum Gasteiger partial charge on any atom is 0.239 e. The summed E-state index contributed by atoms with van der Waals surface area (Å²) >= 11 is 0. The molecule has 1 saturated heterocycles. The van der Waals surface area contributed by atoms with E-state index in [0.29, 0.717) is 0 Å². The van der Waals surface area contributed by atoms with Crippen molar-refractivity contribution in [3.8, 4) is 0 Å². The Morgan fingerprint density at radius 2 is 2.46 bits per heavy atom. The molecule has 0 spiro atoms. The van der Waals surface area contributed by atoms with Gasteiger partial charge in [-0.05, 0) is 26.4 Å². The van der Waals surface area contributed by atoms with Crippen molar-refractivity contribution in [2.75, 3.05) is 33.7 Å². The molecule has 13 heavy (non-hydrogen) atoms. The molecular weight excluding hydrogens is 166 g/mol. The topological polar surface area (TPSA) is 44.4 Å². The number of rotatable bonds is 4. The highest BCUT2D eigenvalue weighted by molar-refractivity contribution is 5.81. The lowest BCUT2D eigenvalue weighted by Crippen LogP contribution is -2.43. The van der Waals surface area contributed by atoms with E-state index < -0.39 is 0 Å². The zero-order valence-electron chi connectivity index (χ0n) is 8.47. The second kappa shape index (κ2) is 5.19. The Morgan fingerprint density at radius 3 is 3.00 bits per heavy atom. The monoisotopic (exact) mass is 185 g/mol. The maximum absolute atomic E-state index is 11.7. The third kappa shape index (κ3) is 2.97. The molecular formula is C9H19N3O. The van der Waals surface area contributed by atoms with Crippen molar-refractivity contribution in [3.63, 3.8) is 0 Å². The van der Waals surface area contributed by atoms with E-state index in [1.165, 1.54) is 0 Å². The van der Waals surface area contributed by atoms with Crippen LogP contribution in [0, 0.1) is 0 Å². The minimum atomic E-state index is 0.0712. The van der Waals surface area contributed by atoms with Crippen LogP contribution in [0.5, 0.6) is 0 Å². The minimum absolute atomic E-state index is 0.0712. The zero-order chi connectivity index (χ0) is 9.68. The zero-order valence-corrected chi connectivity index (χ0v) is 8.47. The molecule has 0 aliphatic carbocycles. The summed E-state index contributed by atoms with van der Waals surface area (Å²) in [5.41, 5.74) is 0. The fourth-order valence-electron chi connectivity index (χ4n) is 1.55. The standard InChI is InChI=1S/C9H19N3O/c1-10-6-7-12(2)9(13)8-4-3-5-11-8/h8,10-11H,3-7H2,1-2H3/t8-/m0/s1. The molecule has 76 valence electrons. The lowest BCUT2D eigenvalue weighted by Gasteiger charge is -2.20. The Balaban J connectivity index is 2.28. The van der Waals surface area contributed by atoms with Crippen molar-refractivity contribution in [1.29, 1.82) is 0 Å². The molecule has 1 fully saturated rings. The molecule has 4 heteroatoms. The van der Waals surface area contributed by atoms with E-state index in [-0.39, 0.29) is 11.9 Å². The molecule has 1 rings (SSSR count). The Kier molecular flexibility index (Phi) is 4.18. The number of amides is 1. The van der Waals surface area contributed by atoms with Crippen molar-refractivity contribution < 1.29 is 4.79 Å². The smallest absolute Gasteiger partial charge is 0.239 e. The lowest BCUT2D eigenvalue weighted by atomic mass is 10.2. The number of carbonyl (C=O) groups is 1. The van der Waals surface area contributed by atoms with Crippen LogP contribution < -0.4 is 10.6 Å². The van der Waals surface area contributed by atoms with Crippen molar-refractivity contribution in [3.05, 3.63) is 0 Å². The third-order valence-corrected chi connectivity index (χ3v) is 2.43. The van der Waals surface area contributed by atoms with Gasteiger partial charge in [0.2, 0.25) is 5.91 Å². The number of carbonyl (C=O) groups excluding carboxylic acids is 1. The summed E-state index contributed by atoms with van der Waals surface area (Å²) in [7, 11) is 3.76. The van der Waals surface area contributed by atoms with Crippen molar-refractivity contribution in [1.82, 2.24) is 15.5 Å². The van der Waals surface area contributed by atoms with Gasteiger partial charge in [-0.3, -0.25) is 4.79 Å². The van der Waals surface area contributed by atoms with Gasteiger partial charge in [0.15, 0.2) is 0 Å². The predicted octanol–water partition coefficient (Wildman–Crippen LogP) is -0.584. The summed E-state index contributed by atoms with van der Waals surface area (Å²) in [4.78, 5) is 13.5. The molecule has 1 aliphatic heterocycles. The van der Waals surface area contributed by atoms with E-state index in [4.69, 9.17) is 0 Å². The van der Waals surface area contributed by atoms with Crippen LogP contribution in [0.25, 0.3) is 0 Å². The van der Waals surface area contributed by atoms with Crippen molar-refractivity contribution in [2.45, 2.75) is 18.9 Å². The molecule has 0 aromatic carbocycles. The van der Waals surface area contributed by atoms with Crippen LogP contribution in [0.1, 0.15) is 12.8 Å². The Labute approximate surface area is 79.7 Å². The van der Waals surface area contributed by atoms with Gasteiger partial charge in [0.25, 0.3) is 0 Å². The Morgan fingerprint density at radius 1 is 1.69 bits per heavy atom. The van der Waals surface area contributed by atoms with E-state index in [9.17, 15) is 4.79 Å². The molecule has 0 unspecified atom stereocenters. The summed E-state index contributed by atoms with van der Waals surface area (Å²) < 4.78 is 0. The van der Waals surface area contributed by atoms with Gasteiger partial charge in [0.05, 0.1) is 6.04 Å². The number of hydrogen-bond donors (Lipinski definition) is 2. The van der Waals surface area contributed by atoms with Crippen molar-refractivity contribution >= 4 is 5.91 Å². The fraction of sp³-hybridized carbons (Fsp3) is 0.889. The quantitative estimate of drug-likeness (QED) is 0.615. The molecule has 0 saturated carbocycles.